The average Bonchev–Trinajstić information content (AvgIpc) is 2.85. The summed E-state index contributed by atoms with van der Waals surface area (Å²) in [4.78, 5) is 19.8. The first-order valence-corrected chi connectivity index (χ1v) is 8.30. The molecule has 1 atom stereocenters. The smallest absolute Gasteiger partial charge is 0.243 e. The first-order chi connectivity index (χ1) is 10.9. The van der Waals surface area contributed by atoms with Crippen LogP contribution < -0.4 is 10.1 Å². The number of nitrogens with one attached hydrogen (secondary N) is 1. The van der Waals surface area contributed by atoms with E-state index in [1.807, 2.05) is 57.0 Å². The van der Waals surface area contributed by atoms with Crippen molar-refractivity contribution in [1.29, 1.82) is 0 Å². The van der Waals surface area contributed by atoms with Crippen LogP contribution in [0.15, 0.2) is 24.3 Å². The van der Waals surface area contributed by atoms with Gasteiger partial charge in [-0.2, -0.15) is 0 Å². The van der Waals surface area contributed by atoms with Gasteiger partial charge in [-0.25, -0.2) is 4.98 Å². The molecule has 0 fully saturated rings. The summed E-state index contributed by atoms with van der Waals surface area (Å²) in [6, 6.07) is 7.62. The number of nitrogens with zero attached hydrogens (tertiary/aromatic N) is 2. The van der Waals surface area contributed by atoms with E-state index in [-0.39, 0.29) is 11.9 Å². The monoisotopic (exact) mass is 333 g/mol. The number of amides is 1. The highest BCUT2D eigenvalue weighted by Crippen LogP contribution is 2.21. The van der Waals surface area contributed by atoms with Crippen LogP contribution >= 0.6 is 11.3 Å². The minimum Gasteiger partial charge on any atom is -0.497 e. The number of rotatable bonds is 6. The van der Waals surface area contributed by atoms with Crippen molar-refractivity contribution in [1.82, 2.24) is 9.88 Å². The topological polar surface area (TPSA) is 54.5 Å². The lowest BCUT2D eigenvalue weighted by Gasteiger charge is -2.23. The zero-order valence-electron chi connectivity index (χ0n) is 14.2. The van der Waals surface area contributed by atoms with E-state index in [1.54, 1.807) is 7.11 Å². The normalized spacial score (nSPS) is 12.3. The first-order valence-electron chi connectivity index (χ1n) is 7.48. The Morgan fingerprint density at radius 3 is 2.52 bits per heavy atom. The fourth-order valence-corrected chi connectivity index (χ4v) is 2.91. The van der Waals surface area contributed by atoms with Gasteiger partial charge < -0.3 is 10.1 Å². The molecule has 1 unspecified atom stereocenters. The number of anilines is 1. The number of thiazole rings is 1. The van der Waals surface area contributed by atoms with Crippen LogP contribution in [0.25, 0.3) is 0 Å². The Balaban J connectivity index is 1.94. The van der Waals surface area contributed by atoms with Crippen LogP contribution in [0.2, 0.25) is 0 Å². The van der Waals surface area contributed by atoms with Crippen molar-refractivity contribution in [2.24, 2.45) is 0 Å². The molecular formula is C17H23N3O2S. The maximum atomic E-state index is 12.4. The molecule has 23 heavy (non-hydrogen) atoms. The molecule has 1 heterocycles. The summed E-state index contributed by atoms with van der Waals surface area (Å²) in [7, 11) is 3.59. The van der Waals surface area contributed by atoms with E-state index in [0.29, 0.717) is 11.7 Å². The second-order valence-corrected chi connectivity index (χ2v) is 6.79. The Morgan fingerprint density at radius 2 is 2.00 bits per heavy atom. The molecule has 0 bridgehead atoms. The van der Waals surface area contributed by atoms with Crippen molar-refractivity contribution >= 4 is 22.4 Å². The molecule has 1 amide bonds. The summed E-state index contributed by atoms with van der Waals surface area (Å²) in [6.45, 7) is 6.53. The van der Waals surface area contributed by atoms with Gasteiger partial charge in [0.2, 0.25) is 5.91 Å². The van der Waals surface area contributed by atoms with E-state index in [1.165, 1.54) is 11.3 Å². The molecule has 2 rings (SSSR count). The molecule has 0 spiro atoms. The lowest BCUT2D eigenvalue weighted by Crippen LogP contribution is -2.39. The third kappa shape index (κ3) is 4.53. The lowest BCUT2D eigenvalue weighted by atomic mass is 10.2. The number of carbonyl (C=O) groups excluding carboxylic acids is 1. The van der Waals surface area contributed by atoms with Gasteiger partial charge in [0.25, 0.3) is 0 Å². The maximum absolute atomic E-state index is 12.4. The van der Waals surface area contributed by atoms with Gasteiger partial charge in [0.15, 0.2) is 5.13 Å². The SMILES string of the molecule is COc1ccc(CN(C)C(C)C(=O)Nc2nc(C)c(C)s2)cc1. The minimum absolute atomic E-state index is 0.0465. The second-order valence-electron chi connectivity index (χ2n) is 5.59. The fraction of sp³-hybridized carbons (Fsp3) is 0.412. The van der Waals surface area contributed by atoms with Gasteiger partial charge in [0.05, 0.1) is 18.8 Å². The summed E-state index contributed by atoms with van der Waals surface area (Å²) in [5.74, 6) is 0.784. The number of ether oxygens (including phenoxy) is 1. The Hall–Kier alpha value is -1.92. The zero-order chi connectivity index (χ0) is 17.0. The minimum atomic E-state index is -0.249. The first kappa shape index (κ1) is 17.4. The molecule has 0 saturated carbocycles. The van der Waals surface area contributed by atoms with E-state index in [2.05, 4.69) is 10.3 Å². The number of methoxy groups -OCH3 is 1. The molecule has 0 saturated heterocycles. The van der Waals surface area contributed by atoms with Gasteiger partial charge in [-0.3, -0.25) is 9.69 Å². The fourth-order valence-electron chi connectivity index (χ4n) is 2.09. The number of aromatic nitrogens is 1. The van der Waals surface area contributed by atoms with E-state index in [4.69, 9.17) is 4.74 Å². The number of hydrogen-bond acceptors (Lipinski definition) is 5. The Morgan fingerprint density at radius 1 is 1.35 bits per heavy atom. The van der Waals surface area contributed by atoms with Gasteiger partial charge in [-0.1, -0.05) is 12.1 Å². The van der Waals surface area contributed by atoms with Crippen LogP contribution in [0.1, 0.15) is 23.1 Å². The standard InChI is InChI=1S/C17H23N3O2S/c1-11-13(3)23-17(18-11)19-16(21)12(2)20(4)10-14-6-8-15(22-5)9-7-14/h6-9,12H,10H2,1-5H3,(H,18,19,21). The second kappa shape index (κ2) is 7.57. The van der Waals surface area contributed by atoms with Crippen LogP contribution in [0.4, 0.5) is 5.13 Å². The molecule has 1 N–H and O–H groups in total. The predicted molar refractivity (Wildman–Crippen MR) is 94.1 cm³/mol. The van der Waals surface area contributed by atoms with Crippen LogP contribution in [-0.2, 0) is 11.3 Å². The highest BCUT2D eigenvalue weighted by atomic mass is 32.1. The third-order valence-corrected chi connectivity index (χ3v) is 4.88. The Labute approximate surface area is 141 Å². The molecule has 1 aromatic carbocycles. The highest BCUT2D eigenvalue weighted by molar-refractivity contribution is 7.15. The Bertz CT molecular complexity index is 647. The molecule has 0 aliphatic rings. The van der Waals surface area contributed by atoms with E-state index in [0.717, 1.165) is 21.9 Å². The molecule has 5 nitrogen and oxygen atoms in total. The molecule has 0 aliphatic heterocycles. The molecule has 0 radical (unpaired) electrons. The highest BCUT2D eigenvalue weighted by Gasteiger charge is 2.19. The van der Waals surface area contributed by atoms with Gasteiger partial charge in [0.1, 0.15) is 5.75 Å². The zero-order valence-corrected chi connectivity index (χ0v) is 15.0. The van der Waals surface area contributed by atoms with E-state index < -0.39 is 0 Å². The number of carbonyl (C=O) groups is 1. The van der Waals surface area contributed by atoms with Crippen molar-refractivity contribution in [2.75, 3.05) is 19.5 Å². The van der Waals surface area contributed by atoms with Crippen molar-refractivity contribution in [3.05, 3.63) is 40.4 Å². The van der Waals surface area contributed by atoms with E-state index in [9.17, 15) is 4.79 Å². The molecule has 6 heteroatoms. The number of hydrogen-bond donors (Lipinski definition) is 1. The van der Waals surface area contributed by atoms with E-state index >= 15 is 0 Å². The van der Waals surface area contributed by atoms with Crippen molar-refractivity contribution in [3.63, 3.8) is 0 Å². The third-order valence-electron chi connectivity index (χ3n) is 3.89. The van der Waals surface area contributed by atoms with Gasteiger partial charge in [-0.15, -0.1) is 11.3 Å². The Kier molecular flexibility index (Phi) is 5.74. The van der Waals surface area contributed by atoms with Crippen molar-refractivity contribution < 1.29 is 9.53 Å². The summed E-state index contributed by atoms with van der Waals surface area (Å²) < 4.78 is 5.15. The van der Waals surface area contributed by atoms with Gasteiger partial charge >= 0.3 is 0 Å². The number of benzene rings is 1. The van der Waals surface area contributed by atoms with Crippen LogP contribution in [0, 0.1) is 13.8 Å². The van der Waals surface area contributed by atoms with Crippen molar-refractivity contribution in [3.8, 4) is 5.75 Å². The maximum Gasteiger partial charge on any atom is 0.243 e. The predicted octanol–water partition coefficient (Wildman–Crippen LogP) is 3.23. The van der Waals surface area contributed by atoms with Crippen molar-refractivity contribution in [2.45, 2.75) is 33.4 Å². The summed E-state index contributed by atoms with van der Waals surface area (Å²) in [5, 5.41) is 3.56. The van der Waals surface area contributed by atoms with Crippen LogP contribution in [0.3, 0.4) is 0 Å². The lowest BCUT2D eigenvalue weighted by molar-refractivity contribution is -0.120. The molecule has 0 aliphatic carbocycles. The number of aryl methyl sites for hydroxylation is 2. The quantitative estimate of drug-likeness (QED) is 0.882. The number of likely N-dealkylation sites (N-methyl/N-ethyl adjacent to an activating group) is 1. The van der Waals surface area contributed by atoms with Gasteiger partial charge in [0, 0.05) is 11.4 Å². The summed E-state index contributed by atoms with van der Waals surface area (Å²) >= 11 is 1.50. The summed E-state index contributed by atoms with van der Waals surface area (Å²) in [6.07, 6.45) is 0. The molecule has 1 aromatic heterocycles. The summed E-state index contributed by atoms with van der Waals surface area (Å²) in [5.41, 5.74) is 2.10. The average molecular weight is 333 g/mol. The molecular weight excluding hydrogens is 310 g/mol. The van der Waals surface area contributed by atoms with Crippen LogP contribution in [-0.4, -0.2) is 36.0 Å². The molecule has 124 valence electrons. The largest absolute Gasteiger partial charge is 0.497 e. The molecule has 2 aromatic rings. The van der Waals surface area contributed by atoms with Crippen LogP contribution in [0.5, 0.6) is 5.75 Å². The van der Waals surface area contributed by atoms with Gasteiger partial charge in [-0.05, 0) is 45.5 Å².